The molecule has 2 heterocycles. The monoisotopic (exact) mass is 369 g/mol. The number of thioether (sulfide) groups is 2. The lowest BCUT2D eigenvalue weighted by atomic mass is 10.3. The molecule has 5 nitrogen and oxygen atoms in total. The molecule has 0 aromatic heterocycles. The summed E-state index contributed by atoms with van der Waals surface area (Å²) < 4.78 is 0. The molecule has 4 rings (SSSR count). The first kappa shape index (κ1) is 16.1. The summed E-state index contributed by atoms with van der Waals surface area (Å²) in [6.45, 7) is 0. The number of aliphatic imine (C=N–C) groups is 1. The SMILES string of the molecule is CN1C(=O)C(=C2Sc3ccccc3N2C)SC1=Nc1ccc(O)cc1. The zero-order valence-corrected chi connectivity index (χ0v) is 15.3. The van der Waals surface area contributed by atoms with Crippen LogP contribution in [0.25, 0.3) is 0 Å². The fraction of sp³-hybridized carbons (Fsp3) is 0.111. The number of nitrogens with zero attached hydrogens (tertiary/aromatic N) is 3. The van der Waals surface area contributed by atoms with Gasteiger partial charge in [0.2, 0.25) is 0 Å². The summed E-state index contributed by atoms with van der Waals surface area (Å²) in [4.78, 5) is 22.7. The van der Waals surface area contributed by atoms with Crippen LogP contribution in [0.5, 0.6) is 5.75 Å². The highest BCUT2D eigenvalue weighted by molar-refractivity contribution is 8.19. The van der Waals surface area contributed by atoms with Crippen molar-refractivity contribution in [3.63, 3.8) is 0 Å². The van der Waals surface area contributed by atoms with Gasteiger partial charge in [-0.1, -0.05) is 23.9 Å². The van der Waals surface area contributed by atoms with Crippen LogP contribution in [-0.4, -0.2) is 35.2 Å². The van der Waals surface area contributed by atoms with Crippen molar-refractivity contribution in [2.75, 3.05) is 19.0 Å². The fourth-order valence-corrected chi connectivity index (χ4v) is 4.95. The predicted octanol–water partition coefficient (Wildman–Crippen LogP) is 4.00. The number of benzene rings is 2. The van der Waals surface area contributed by atoms with E-state index in [-0.39, 0.29) is 11.7 Å². The zero-order chi connectivity index (χ0) is 17.6. The normalized spacial score (nSPS) is 21.4. The van der Waals surface area contributed by atoms with E-state index < -0.39 is 0 Å². The summed E-state index contributed by atoms with van der Waals surface area (Å²) in [5.41, 5.74) is 1.80. The van der Waals surface area contributed by atoms with E-state index in [1.54, 1.807) is 48.0 Å². The molecule has 0 atom stereocenters. The highest BCUT2D eigenvalue weighted by Crippen LogP contribution is 2.49. The van der Waals surface area contributed by atoms with Crippen molar-refractivity contribution in [2.24, 2.45) is 4.99 Å². The molecule has 0 saturated carbocycles. The van der Waals surface area contributed by atoms with Crippen LogP contribution in [-0.2, 0) is 4.79 Å². The van der Waals surface area contributed by atoms with Crippen molar-refractivity contribution in [3.8, 4) is 5.75 Å². The van der Waals surface area contributed by atoms with Gasteiger partial charge in [0.05, 0.1) is 16.4 Å². The number of carbonyl (C=O) groups excluding carboxylic acids is 1. The van der Waals surface area contributed by atoms with Crippen LogP contribution >= 0.6 is 23.5 Å². The van der Waals surface area contributed by atoms with Gasteiger partial charge in [-0.05, 0) is 48.2 Å². The Morgan fingerprint density at radius 2 is 1.68 bits per heavy atom. The topological polar surface area (TPSA) is 56.1 Å². The first-order valence-electron chi connectivity index (χ1n) is 7.63. The van der Waals surface area contributed by atoms with Crippen molar-refractivity contribution in [3.05, 3.63) is 58.5 Å². The summed E-state index contributed by atoms with van der Waals surface area (Å²) in [6, 6.07) is 14.7. The molecule has 2 aromatic rings. The second-order valence-electron chi connectivity index (χ2n) is 5.64. The van der Waals surface area contributed by atoms with Gasteiger partial charge >= 0.3 is 0 Å². The number of amides is 1. The second-order valence-corrected chi connectivity index (χ2v) is 7.65. The molecular weight excluding hydrogens is 354 g/mol. The van der Waals surface area contributed by atoms with E-state index in [2.05, 4.69) is 22.0 Å². The molecule has 0 radical (unpaired) electrons. The highest BCUT2D eigenvalue weighted by atomic mass is 32.2. The Hall–Kier alpha value is -2.38. The Bertz CT molecular complexity index is 922. The number of anilines is 1. The smallest absolute Gasteiger partial charge is 0.269 e. The van der Waals surface area contributed by atoms with Gasteiger partial charge in [0, 0.05) is 19.0 Å². The standard InChI is InChI=1S/C18H15N3O2S2/c1-20-13-5-3-4-6-14(13)24-17(20)15-16(23)21(2)18(25-15)19-11-7-9-12(22)10-8-11/h3-10,22H,1-2H3. The summed E-state index contributed by atoms with van der Waals surface area (Å²) in [7, 11) is 3.71. The molecule has 2 aliphatic heterocycles. The highest BCUT2D eigenvalue weighted by Gasteiger charge is 2.37. The van der Waals surface area contributed by atoms with Gasteiger partial charge in [0.15, 0.2) is 5.17 Å². The number of phenols is 1. The van der Waals surface area contributed by atoms with Gasteiger partial charge in [-0.15, -0.1) is 0 Å². The van der Waals surface area contributed by atoms with Crippen molar-refractivity contribution in [1.82, 2.24) is 4.90 Å². The van der Waals surface area contributed by atoms with Gasteiger partial charge in [-0.25, -0.2) is 4.99 Å². The average Bonchev–Trinajstić information content (AvgIpc) is 3.09. The van der Waals surface area contributed by atoms with Crippen LogP contribution in [0.1, 0.15) is 0 Å². The number of carbonyl (C=O) groups is 1. The predicted molar refractivity (Wildman–Crippen MR) is 103 cm³/mol. The number of hydrogen-bond acceptors (Lipinski definition) is 6. The summed E-state index contributed by atoms with van der Waals surface area (Å²) >= 11 is 2.99. The molecule has 0 bridgehead atoms. The lowest BCUT2D eigenvalue weighted by Crippen LogP contribution is -2.24. The van der Waals surface area contributed by atoms with Crippen molar-refractivity contribution < 1.29 is 9.90 Å². The van der Waals surface area contributed by atoms with Crippen LogP contribution < -0.4 is 4.90 Å². The van der Waals surface area contributed by atoms with E-state index in [9.17, 15) is 9.90 Å². The van der Waals surface area contributed by atoms with E-state index >= 15 is 0 Å². The molecular formula is C18H15N3O2S2. The number of amidine groups is 1. The molecule has 1 N–H and O–H groups in total. The van der Waals surface area contributed by atoms with Crippen LogP contribution in [0, 0.1) is 0 Å². The summed E-state index contributed by atoms with van der Waals surface area (Å²) in [5, 5.41) is 10.9. The van der Waals surface area contributed by atoms with E-state index in [0.717, 1.165) is 15.6 Å². The van der Waals surface area contributed by atoms with Crippen molar-refractivity contribution in [1.29, 1.82) is 0 Å². The Labute approximate surface area is 154 Å². The van der Waals surface area contributed by atoms with Gasteiger partial charge in [0.25, 0.3) is 5.91 Å². The van der Waals surface area contributed by atoms with Crippen LogP contribution in [0.4, 0.5) is 11.4 Å². The minimum Gasteiger partial charge on any atom is -0.508 e. The molecule has 1 saturated heterocycles. The van der Waals surface area contributed by atoms with Gasteiger partial charge in [-0.3, -0.25) is 9.69 Å². The van der Waals surface area contributed by atoms with E-state index in [0.29, 0.717) is 15.8 Å². The third-order valence-corrected chi connectivity index (χ3v) is 6.47. The molecule has 0 unspecified atom stereocenters. The lowest BCUT2D eigenvalue weighted by Gasteiger charge is -2.14. The van der Waals surface area contributed by atoms with Crippen molar-refractivity contribution in [2.45, 2.75) is 4.90 Å². The maximum Gasteiger partial charge on any atom is 0.269 e. The Balaban J connectivity index is 1.69. The van der Waals surface area contributed by atoms with Gasteiger partial charge < -0.3 is 10.0 Å². The molecule has 1 amide bonds. The van der Waals surface area contributed by atoms with E-state index in [1.165, 1.54) is 11.8 Å². The average molecular weight is 369 g/mol. The van der Waals surface area contributed by atoms with Crippen LogP contribution in [0.15, 0.2) is 68.4 Å². The molecule has 0 spiro atoms. The maximum absolute atomic E-state index is 12.7. The first-order valence-corrected chi connectivity index (χ1v) is 9.26. The van der Waals surface area contributed by atoms with Crippen LogP contribution in [0.3, 0.4) is 0 Å². The molecule has 2 aromatic carbocycles. The second kappa shape index (κ2) is 6.16. The molecule has 0 aliphatic carbocycles. The number of aromatic hydroxyl groups is 1. The van der Waals surface area contributed by atoms with E-state index in [1.807, 2.05) is 19.2 Å². The fourth-order valence-electron chi connectivity index (χ4n) is 2.61. The number of fused-ring (bicyclic) bond motifs is 1. The minimum atomic E-state index is -0.0512. The third kappa shape index (κ3) is 2.79. The van der Waals surface area contributed by atoms with Gasteiger partial charge in [-0.2, -0.15) is 0 Å². The molecule has 2 aliphatic rings. The lowest BCUT2D eigenvalue weighted by molar-refractivity contribution is -0.121. The van der Waals surface area contributed by atoms with Crippen LogP contribution in [0.2, 0.25) is 0 Å². The number of hydrogen-bond donors (Lipinski definition) is 1. The largest absolute Gasteiger partial charge is 0.508 e. The summed E-state index contributed by atoms with van der Waals surface area (Å²) in [5.74, 6) is 0.140. The molecule has 1 fully saturated rings. The number of likely N-dealkylation sites (N-methyl/N-ethyl adjacent to an activating group) is 1. The quantitative estimate of drug-likeness (QED) is 0.770. The first-order chi connectivity index (χ1) is 12.0. The Morgan fingerprint density at radius 1 is 0.960 bits per heavy atom. The number of phenolic OH excluding ortho intramolecular Hbond substituents is 1. The number of para-hydroxylation sites is 1. The Morgan fingerprint density at radius 3 is 2.40 bits per heavy atom. The minimum absolute atomic E-state index is 0.0512. The third-order valence-electron chi connectivity index (χ3n) is 3.99. The zero-order valence-electron chi connectivity index (χ0n) is 13.6. The van der Waals surface area contributed by atoms with Crippen molar-refractivity contribution >= 4 is 46.0 Å². The van der Waals surface area contributed by atoms with E-state index in [4.69, 9.17) is 0 Å². The maximum atomic E-state index is 12.7. The summed E-state index contributed by atoms with van der Waals surface area (Å²) in [6.07, 6.45) is 0. The molecule has 126 valence electrons. The number of rotatable bonds is 1. The molecule has 7 heteroatoms. The molecule has 25 heavy (non-hydrogen) atoms. The van der Waals surface area contributed by atoms with Gasteiger partial charge in [0.1, 0.15) is 10.7 Å². The Kier molecular flexibility index (Phi) is 3.97.